The molecule has 2 rings (SSSR count). The van der Waals surface area contributed by atoms with E-state index in [0.717, 1.165) is 0 Å². The Morgan fingerprint density at radius 1 is 1.61 bits per heavy atom. The normalized spacial score (nSPS) is 11.6. The van der Waals surface area contributed by atoms with Crippen molar-refractivity contribution in [1.29, 1.82) is 0 Å². The predicted molar refractivity (Wildman–Crippen MR) is 65.3 cm³/mol. The number of carbonyl (C=O) groups excluding carboxylic acids is 1. The number of nitrogens with zero attached hydrogens (tertiary/aromatic N) is 3. The van der Waals surface area contributed by atoms with E-state index in [1.165, 1.54) is 18.3 Å². The first-order valence-corrected chi connectivity index (χ1v) is 5.87. The van der Waals surface area contributed by atoms with Crippen molar-refractivity contribution in [3.63, 3.8) is 0 Å². The van der Waals surface area contributed by atoms with E-state index < -0.39 is 5.91 Å². The summed E-state index contributed by atoms with van der Waals surface area (Å²) in [6.45, 7) is 3.13. The SMILES string of the molecule is C/C(=N\O)c1noc(C)c1C(=O)Nc1nccs1. The van der Waals surface area contributed by atoms with Gasteiger partial charge in [0, 0.05) is 11.6 Å². The first-order valence-electron chi connectivity index (χ1n) is 4.99. The Balaban J connectivity index is 2.33. The second-order valence-corrected chi connectivity index (χ2v) is 4.33. The zero-order chi connectivity index (χ0) is 13.1. The highest BCUT2D eigenvalue weighted by atomic mass is 32.1. The molecular weight excluding hydrogens is 256 g/mol. The summed E-state index contributed by atoms with van der Waals surface area (Å²) in [4.78, 5) is 16.0. The number of hydrogen-bond donors (Lipinski definition) is 2. The number of carbonyl (C=O) groups is 1. The highest BCUT2D eigenvalue weighted by Gasteiger charge is 2.23. The van der Waals surface area contributed by atoms with Crippen LogP contribution in [0.1, 0.15) is 28.7 Å². The fourth-order valence-electron chi connectivity index (χ4n) is 1.38. The lowest BCUT2D eigenvalue weighted by Crippen LogP contribution is -2.16. The average molecular weight is 266 g/mol. The van der Waals surface area contributed by atoms with Crippen molar-refractivity contribution in [2.24, 2.45) is 5.16 Å². The van der Waals surface area contributed by atoms with E-state index in [9.17, 15) is 4.79 Å². The molecule has 2 aromatic heterocycles. The van der Waals surface area contributed by atoms with Gasteiger partial charge >= 0.3 is 0 Å². The van der Waals surface area contributed by atoms with E-state index in [0.29, 0.717) is 10.9 Å². The number of rotatable bonds is 3. The Morgan fingerprint density at radius 2 is 2.39 bits per heavy atom. The number of anilines is 1. The highest BCUT2D eigenvalue weighted by Crippen LogP contribution is 2.18. The van der Waals surface area contributed by atoms with E-state index in [2.05, 4.69) is 20.6 Å². The molecule has 0 aliphatic heterocycles. The van der Waals surface area contributed by atoms with Crippen LogP contribution in [0.3, 0.4) is 0 Å². The van der Waals surface area contributed by atoms with E-state index in [1.54, 1.807) is 18.5 Å². The van der Waals surface area contributed by atoms with Gasteiger partial charge in [0.05, 0.1) is 0 Å². The molecule has 2 heterocycles. The summed E-state index contributed by atoms with van der Waals surface area (Å²) < 4.78 is 4.94. The lowest BCUT2D eigenvalue weighted by atomic mass is 10.1. The molecule has 0 unspecified atom stereocenters. The Morgan fingerprint density at radius 3 is 3.00 bits per heavy atom. The second kappa shape index (κ2) is 4.96. The smallest absolute Gasteiger partial charge is 0.263 e. The average Bonchev–Trinajstić information content (AvgIpc) is 2.97. The van der Waals surface area contributed by atoms with Crippen LogP contribution in [0.25, 0.3) is 0 Å². The molecule has 0 aliphatic rings. The van der Waals surface area contributed by atoms with Gasteiger partial charge in [0.15, 0.2) is 5.13 Å². The van der Waals surface area contributed by atoms with Crippen molar-refractivity contribution in [3.05, 3.63) is 28.6 Å². The number of hydrogen-bond acceptors (Lipinski definition) is 7. The van der Waals surface area contributed by atoms with Crippen LogP contribution in [0.2, 0.25) is 0 Å². The zero-order valence-corrected chi connectivity index (χ0v) is 10.5. The van der Waals surface area contributed by atoms with Gasteiger partial charge in [-0.05, 0) is 13.8 Å². The van der Waals surface area contributed by atoms with Crippen LogP contribution >= 0.6 is 11.3 Å². The van der Waals surface area contributed by atoms with Crippen molar-refractivity contribution in [2.75, 3.05) is 5.32 Å². The van der Waals surface area contributed by atoms with Gasteiger partial charge in [0.1, 0.15) is 22.7 Å². The standard InChI is InChI=1S/C10H10N4O3S/c1-5(13-16)8-7(6(2)17-14-8)9(15)12-10-11-3-4-18-10/h3-4,16H,1-2H3,(H,11,12,15)/b13-5+. The lowest BCUT2D eigenvalue weighted by molar-refractivity contribution is 0.102. The molecule has 0 aromatic carbocycles. The fraction of sp³-hybridized carbons (Fsp3) is 0.200. The van der Waals surface area contributed by atoms with E-state index in [-0.39, 0.29) is 17.0 Å². The number of nitrogens with one attached hydrogen (secondary N) is 1. The maximum atomic E-state index is 12.1. The minimum absolute atomic E-state index is 0.205. The summed E-state index contributed by atoms with van der Waals surface area (Å²) in [5.74, 6) is -0.0521. The molecule has 1 amide bonds. The van der Waals surface area contributed by atoms with Gasteiger partial charge in [-0.15, -0.1) is 11.3 Å². The van der Waals surface area contributed by atoms with Crippen LogP contribution in [0.4, 0.5) is 5.13 Å². The molecule has 2 aromatic rings. The van der Waals surface area contributed by atoms with Crippen molar-refractivity contribution < 1.29 is 14.5 Å². The minimum atomic E-state index is -0.401. The largest absolute Gasteiger partial charge is 0.411 e. The summed E-state index contributed by atoms with van der Waals surface area (Å²) in [5.41, 5.74) is 0.653. The topological polar surface area (TPSA) is 101 Å². The summed E-state index contributed by atoms with van der Waals surface area (Å²) >= 11 is 1.30. The van der Waals surface area contributed by atoms with Crippen LogP contribution in [0.5, 0.6) is 0 Å². The van der Waals surface area contributed by atoms with Gasteiger partial charge in [0.25, 0.3) is 5.91 Å². The zero-order valence-electron chi connectivity index (χ0n) is 9.67. The van der Waals surface area contributed by atoms with Crippen LogP contribution in [0, 0.1) is 6.92 Å². The molecule has 0 saturated carbocycles. The fourth-order valence-corrected chi connectivity index (χ4v) is 1.90. The van der Waals surface area contributed by atoms with E-state index >= 15 is 0 Å². The first-order chi connectivity index (χ1) is 8.63. The van der Waals surface area contributed by atoms with Crippen molar-refractivity contribution >= 4 is 28.1 Å². The van der Waals surface area contributed by atoms with Crippen molar-refractivity contribution in [3.8, 4) is 0 Å². The molecule has 0 bridgehead atoms. The maximum Gasteiger partial charge on any atom is 0.263 e. The minimum Gasteiger partial charge on any atom is -0.411 e. The summed E-state index contributed by atoms with van der Waals surface area (Å²) in [6.07, 6.45) is 1.59. The summed E-state index contributed by atoms with van der Waals surface area (Å²) in [5, 5.41) is 20.3. The van der Waals surface area contributed by atoms with Gasteiger partial charge in [-0.2, -0.15) is 0 Å². The van der Waals surface area contributed by atoms with Crippen molar-refractivity contribution in [1.82, 2.24) is 10.1 Å². The number of amides is 1. The molecule has 7 nitrogen and oxygen atoms in total. The predicted octanol–water partition coefficient (Wildman–Crippen LogP) is 1.89. The molecule has 0 atom stereocenters. The molecule has 0 spiro atoms. The molecule has 18 heavy (non-hydrogen) atoms. The van der Waals surface area contributed by atoms with Crippen LogP contribution in [-0.4, -0.2) is 27.0 Å². The van der Waals surface area contributed by atoms with Gasteiger partial charge in [-0.3, -0.25) is 10.1 Å². The van der Waals surface area contributed by atoms with E-state index in [4.69, 9.17) is 9.73 Å². The van der Waals surface area contributed by atoms with Gasteiger partial charge in [-0.1, -0.05) is 10.3 Å². The molecule has 0 fully saturated rings. The monoisotopic (exact) mass is 266 g/mol. The molecule has 0 radical (unpaired) electrons. The van der Waals surface area contributed by atoms with Crippen LogP contribution in [0.15, 0.2) is 21.3 Å². The molecule has 0 saturated heterocycles. The summed E-state index contributed by atoms with van der Waals surface area (Å²) in [7, 11) is 0. The van der Waals surface area contributed by atoms with Crippen molar-refractivity contribution in [2.45, 2.75) is 13.8 Å². The first kappa shape index (κ1) is 12.2. The quantitative estimate of drug-likeness (QED) is 0.502. The van der Waals surface area contributed by atoms with Gasteiger partial charge < -0.3 is 9.73 Å². The number of aryl methyl sites for hydroxylation is 1. The third-order valence-corrected chi connectivity index (χ3v) is 2.92. The van der Waals surface area contributed by atoms with Gasteiger partial charge in [0.2, 0.25) is 0 Å². The van der Waals surface area contributed by atoms with Crippen LogP contribution < -0.4 is 5.32 Å². The number of oxime groups is 1. The Bertz CT molecular complexity index is 588. The maximum absolute atomic E-state index is 12.1. The Hall–Kier alpha value is -2.22. The third kappa shape index (κ3) is 2.23. The summed E-state index contributed by atoms with van der Waals surface area (Å²) in [6, 6.07) is 0. The molecule has 8 heteroatoms. The molecule has 94 valence electrons. The van der Waals surface area contributed by atoms with Gasteiger partial charge in [-0.25, -0.2) is 4.98 Å². The lowest BCUT2D eigenvalue weighted by Gasteiger charge is -2.01. The Labute approximate surface area is 106 Å². The Kier molecular flexibility index (Phi) is 3.38. The van der Waals surface area contributed by atoms with E-state index in [1.807, 2.05) is 0 Å². The number of thiazole rings is 1. The van der Waals surface area contributed by atoms with Crippen LogP contribution in [-0.2, 0) is 0 Å². The molecule has 0 aliphatic carbocycles. The molecular formula is C10H10N4O3S. The molecule has 2 N–H and O–H groups in total. The highest BCUT2D eigenvalue weighted by molar-refractivity contribution is 7.13. The number of aromatic nitrogens is 2. The second-order valence-electron chi connectivity index (χ2n) is 3.44. The third-order valence-electron chi connectivity index (χ3n) is 2.24.